The third kappa shape index (κ3) is 2.81. The smallest absolute Gasteiger partial charge is 0.146 e. The van der Waals surface area contributed by atoms with E-state index in [-0.39, 0.29) is 11.1 Å². The van der Waals surface area contributed by atoms with Crippen LogP contribution < -0.4 is 4.74 Å². The van der Waals surface area contributed by atoms with Crippen molar-refractivity contribution in [3.8, 4) is 11.5 Å². The molecule has 0 bridgehead atoms. The largest absolute Gasteiger partial charge is 0.455 e. The lowest BCUT2D eigenvalue weighted by molar-refractivity contribution is 0.117. The van der Waals surface area contributed by atoms with E-state index < -0.39 is 5.82 Å². The number of pyridine rings is 1. The predicted octanol–water partition coefficient (Wildman–Crippen LogP) is 4.86. The zero-order valence-electron chi connectivity index (χ0n) is 12.5. The van der Waals surface area contributed by atoms with Crippen LogP contribution in [0.5, 0.6) is 11.5 Å². The molecule has 0 aliphatic heterocycles. The van der Waals surface area contributed by atoms with Crippen molar-refractivity contribution < 1.29 is 13.9 Å². The van der Waals surface area contributed by atoms with E-state index in [1.54, 1.807) is 26.3 Å². The summed E-state index contributed by atoms with van der Waals surface area (Å²) in [7, 11) is 1.55. The van der Waals surface area contributed by atoms with Gasteiger partial charge in [-0.25, -0.2) is 4.39 Å². The molecule has 1 aliphatic rings. The monoisotopic (exact) mass is 321 g/mol. The molecule has 3 nitrogen and oxygen atoms in total. The van der Waals surface area contributed by atoms with Gasteiger partial charge in [-0.15, -0.1) is 0 Å². The molecule has 1 aromatic carbocycles. The number of fused-ring (bicyclic) bond motifs is 1. The molecule has 1 aromatic heterocycles. The fourth-order valence-corrected chi connectivity index (χ4v) is 3.03. The van der Waals surface area contributed by atoms with Gasteiger partial charge in [0.05, 0.1) is 17.3 Å². The molecule has 1 unspecified atom stereocenters. The molecule has 3 rings (SSSR count). The highest BCUT2D eigenvalue weighted by Gasteiger charge is 2.20. The number of benzene rings is 1. The Bertz CT molecular complexity index is 705. The summed E-state index contributed by atoms with van der Waals surface area (Å²) < 4.78 is 24.9. The highest BCUT2D eigenvalue weighted by molar-refractivity contribution is 6.31. The number of hydrogen-bond acceptors (Lipinski definition) is 3. The van der Waals surface area contributed by atoms with E-state index in [9.17, 15) is 4.39 Å². The molecule has 116 valence electrons. The van der Waals surface area contributed by atoms with E-state index in [1.807, 2.05) is 6.07 Å². The first-order chi connectivity index (χ1) is 10.6. The van der Waals surface area contributed by atoms with Gasteiger partial charge in [-0.1, -0.05) is 11.6 Å². The van der Waals surface area contributed by atoms with E-state index >= 15 is 0 Å². The van der Waals surface area contributed by atoms with E-state index in [1.165, 1.54) is 11.6 Å². The minimum absolute atomic E-state index is 0.0287. The van der Waals surface area contributed by atoms with E-state index in [0.717, 1.165) is 25.0 Å². The van der Waals surface area contributed by atoms with E-state index in [2.05, 4.69) is 4.98 Å². The fourth-order valence-electron chi connectivity index (χ4n) is 2.72. The van der Waals surface area contributed by atoms with E-state index in [0.29, 0.717) is 17.1 Å². The van der Waals surface area contributed by atoms with E-state index in [4.69, 9.17) is 21.1 Å². The summed E-state index contributed by atoms with van der Waals surface area (Å²) in [5.74, 6) is 0.633. The van der Waals surface area contributed by atoms with Crippen molar-refractivity contribution in [2.75, 3.05) is 7.11 Å². The molecule has 0 saturated heterocycles. The number of aryl methyl sites for hydroxylation is 2. The Kier molecular flexibility index (Phi) is 4.32. The number of hydrogen-bond donors (Lipinski definition) is 0. The molecule has 22 heavy (non-hydrogen) atoms. The van der Waals surface area contributed by atoms with Crippen LogP contribution in [-0.2, 0) is 17.6 Å². The SMILES string of the molecule is COC(C)c1c(Oc2cnc3c(c2)CCC3)ccc(F)c1Cl. The lowest BCUT2D eigenvalue weighted by Crippen LogP contribution is -2.02. The van der Waals surface area contributed by atoms with Crippen LogP contribution in [0.2, 0.25) is 5.02 Å². The van der Waals surface area contributed by atoms with Crippen molar-refractivity contribution in [1.29, 1.82) is 0 Å². The molecule has 5 heteroatoms. The zero-order valence-corrected chi connectivity index (χ0v) is 13.3. The minimum Gasteiger partial charge on any atom is -0.455 e. The van der Waals surface area contributed by atoms with Crippen molar-refractivity contribution in [2.24, 2.45) is 0 Å². The van der Waals surface area contributed by atoms with Gasteiger partial charge in [0.15, 0.2) is 0 Å². The van der Waals surface area contributed by atoms with Crippen LogP contribution in [0.1, 0.15) is 36.3 Å². The predicted molar refractivity (Wildman–Crippen MR) is 83.2 cm³/mol. The molecule has 0 saturated carbocycles. The summed E-state index contributed by atoms with van der Waals surface area (Å²) in [6.07, 6.45) is 4.48. The molecule has 1 heterocycles. The average molecular weight is 322 g/mol. The summed E-state index contributed by atoms with van der Waals surface area (Å²) in [4.78, 5) is 4.43. The summed E-state index contributed by atoms with van der Waals surface area (Å²) in [6, 6.07) is 4.86. The first-order valence-electron chi connectivity index (χ1n) is 7.26. The van der Waals surface area contributed by atoms with Gasteiger partial charge >= 0.3 is 0 Å². The van der Waals surface area contributed by atoms with Crippen LogP contribution in [0.4, 0.5) is 4.39 Å². The molecule has 0 radical (unpaired) electrons. The quantitative estimate of drug-likeness (QED) is 0.805. The first-order valence-corrected chi connectivity index (χ1v) is 7.64. The Morgan fingerprint density at radius 3 is 2.91 bits per heavy atom. The maximum Gasteiger partial charge on any atom is 0.146 e. The first kappa shape index (κ1) is 15.3. The van der Waals surface area contributed by atoms with Gasteiger partial charge in [-0.3, -0.25) is 4.98 Å². The maximum absolute atomic E-state index is 13.7. The molecule has 2 aromatic rings. The summed E-state index contributed by atoms with van der Waals surface area (Å²) in [5, 5.41) is 0.0287. The number of nitrogens with zero attached hydrogens (tertiary/aromatic N) is 1. The molecule has 1 atom stereocenters. The second kappa shape index (κ2) is 6.23. The van der Waals surface area contributed by atoms with Gasteiger partial charge in [0.25, 0.3) is 0 Å². The van der Waals surface area contributed by atoms with Gasteiger partial charge < -0.3 is 9.47 Å². The molecule has 0 N–H and O–H groups in total. The number of aromatic nitrogens is 1. The van der Waals surface area contributed by atoms with Crippen LogP contribution in [0.15, 0.2) is 24.4 Å². The highest BCUT2D eigenvalue weighted by Crippen LogP contribution is 2.38. The Balaban J connectivity index is 1.96. The van der Waals surface area contributed by atoms with Crippen LogP contribution >= 0.6 is 11.6 Å². The van der Waals surface area contributed by atoms with Gasteiger partial charge in [-0.2, -0.15) is 0 Å². The number of rotatable bonds is 4. The van der Waals surface area contributed by atoms with Crippen LogP contribution in [0.3, 0.4) is 0 Å². The molecular weight excluding hydrogens is 305 g/mol. The fraction of sp³-hybridized carbons (Fsp3) is 0.353. The van der Waals surface area contributed by atoms with Gasteiger partial charge in [-0.05, 0) is 49.9 Å². The van der Waals surface area contributed by atoms with Crippen LogP contribution in [-0.4, -0.2) is 12.1 Å². The molecule has 0 amide bonds. The normalized spacial score (nSPS) is 14.7. The Hall–Kier alpha value is -1.65. The summed E-state index contributed by atoms with van der Waals surface area (Å²) in [6.45, 7) is 1.80. The second-order valence-electron chi connectivity index (χ2n) is 5.38. The molecule has 1 aliphatic carbocycles. The third-order valence-corrected chi connectivity index (χ3v) is 4.36. The van der Waals surface area contributed by atoms with Crippen LogP contribution in [0, 0.1) is 5.82 Å². The lowest BCUT2D eigenvalue weighted by Gasteiger charge is -2.18. The van der Waals surface area contributed by atoms with Gasteiger partial charge in [0.1, 0.15) is 17.3 Å². The average Bonchev–Trinajstić information content (AvgIpc) is 2.98. The topological polar surface area (TPSA) is 31.4 Å². The number of ether oxygens (including phenoxy) is 2. The van der Waals surface area contributed by atoms with Crippen molar-refractivity contribution in [3.05, 3.63) is 52.1 Å². The van der Waals surface area contributed by atoms with Crippen molar-refractivity contribution in [1.82, 2.24) is 4.98 Å². The summed E-state index contributed by atoms with van der Waals surface area (Å²) in [5.41, 5.74) is 2.85. The van der Waals surface area contributed by atoms with Crippen molar-refractivity contribution >= 4 is 11.6 Å². The Morgan fingerprint density at radius 1 is 1.32 bits per heavy atom. The third-order valence-electron chi connectivity index (χ3n) is 3.98. The number of halogens is 2. The second-order valence-corrected chi connectivity index (χ2v) is 5.76. The van der Waals surface area contributed by atoms with Crippen molar-refractivity contribution in [2.45, 2.75) is 32.3 Å². The maximum atomic E-state index is 13.7. The highest BCUT2D eigenvalue weighted by atomic mass is 35.5. The molecular formula is C17H17ClFNO2. The van der Waals surface area contributed by atoms with Crippen LogP contribution in [0.25, 0.3) is 0 Å². The molecule has 0 spiro atoms. The Morgan fingerprint density at radius 2 is 2.14 bits per heavy atom. The van der Waals surface area contributed by atoms with Crippen molar-refractivity contribution in [3.63, 3.8) is 0 Å². The Labute approximate surface area is 134 Å². The van der Waals surface area contributed by atoms with Gasteiger partial charge in [0.2, 0.25) is 0 Å². The summed E-state index contributed by atoms with van der Waals surface area (Å²) >= 11 is 6.08. The number of methoxy groups -OCH3 is 1. The van der Waals surface area contributed by atoms with Gasteiger partial charge in [0, 0.05) is 18.4 Å². The standard InChI is InChI=1S/C17H17ClFNO2/c1-10(21-2)16-15(7-6-13(19)17(16)18)22-12-8-11-4-3-5-14(11)20-9-12/h6-10H,3-5H2,1-2H3. The minimum atomic E-state index is -0.486. The zero-order chi connectivity index (χ0) is 15.7. The molecule has 0 fully saturated rings. The lowest BCUT2D eigenvalue weighted by atomic mass is 10.1.